The molecule has 0 aromatic rings. The minimum atomic E-state index is -0.277. The lowest BCUT2D eigenvalue weighted by Crippen LogP contribution is -2.73. The number of hydrogen-bond acceptors (Lipinski definition) is 2. The molecule has 6 rings (SSSR count). The lowest BCUT2D eigenvalue weighted by molar-refractivity contribution is -0.182. The zero-order chi connectivity index (χ0) is 13.3. The summed E-state index contributed by atoms with van der Waals surface area (Å²) in [5, 5.41) is 0. The quantitative estimate of drug-likeness (QED) is 0.649. The Morgan fingerprint density at radius 2 is 1.22 bits per heavy atom. The Bertz CT molecular complexity index is 396. The maximum atomic E-state index is 12.6. The van der Waals surface area contributed by atoms with E-state index in [4.69, 9.17) is 0 Å². The predicted molar refractivity (Wildman–Crippen MR) is 67.8 cm³/mol. The second-order valence-corrected chi connectivity index (χ2v) is 6.69. The largest absolute Gasteiger partial charge is 0.339 e. The molecular weight excluding hydrogens is 228 g/mol. The lowest BCUT2D eigenvalue weighted by Gasteiger charge is -2.61. The zero-order valence-corrected chi connectivity index (χ0v) is 11.7. The van der Waals surface area contributed by atoms with E-state index < -0.39 is 0 Å². The number of rotatable bonds is 0. The van der Waals surface area contributed by atoms with Crippen LogP contribution in [-0.4, -0.2) is 46.8 Å². The van der Waals surface area contributed by atoms with Crippen LogP contribution in [0.25, 0.3) is 0 Å². The second kappa shape index (κ2) is 3.28. The minimum absolute atomic E-state index is 0.0224. The highest BCUT2D eigenvalue weighted by Gasteiger charge is 2.61. The summed E-state index contributed by atoms with van der Waals surface area (Å²) >= 11 is 0. The number of carbonyl (C=O) groups excluding carboxylic acids is 2. The topological polar surface area (TPSA) is 40.6 Å². The molecule has 100 valence electrons. The molecule has 4 nitrogen and oxygen atoms in total. The number of hydrogen-bond donors (Lipinski definition) is 0. The molecular formula is C14H22N2O2. The van der Waals surface area contributed by atoms with E-state index in [9.17, 15) is 9.59 Å². The van der Waals surface area contributed by atoms with E-state index in [1.807, 2.05) is 23.9 Å². The number of carbonyl (C=O) groups is 2. The van der Waals surface area contributed by atoms with Gasteiger partial charge in [-0.15, -0.1) is 0 Å². The van der Waals surface area contributed by atoms with E-state index >= 15 is 0 Å². The standard InChI is InChI=1S/C14H22N2O2/c1-13-7-5-10(12(18)15(13)3)14(2)8-6-9(13)11(17)16(14)4/h9-10H,5-8H2,1-4H3/t9-,10+,13-,14-/m0/s1. The van der Waals surface area contributed by atoms with Gasteiger partial charge in [-0.2, -0.15) is 0 Å². The molecule has 4 atom stereocenters. The molecule has 4 heteroatoms. The van der Waals surface area contributed by atoms with Gasteiger partial charge < -0.3 is 9.80 Å². The summed E-state index contributed by atoms with van der Waals surface area (Å²) in [5.41, 5.74) is -0.554. The molecule has 6 aliphatic rings. The minimum Gasteiger partial charge on any atom is -0.339 e. The maximum absolute atomic E-state index is 12.6. The fourth-order valence-electron chi connectivity index (χ4n) is 4.40. The highest BCUT2D eigenvalue weighted by atomic mass is 16.2. The molecule has 5 saturated heterocycles. The molecule has 0 aromatic carbocycles. The Morgan fingerprint density at radius 1 is 0.889 bits per heavy atom. The smallest absolute Gasteiger partial charge is 0.228 e. The molecule has 4 bridgehead atoms. The maximum Gasteiger partial charge on any atom is 0.228 e. The Morgan fingerprint density at radius 3 is 1.56 bits per heavy atom. The van der Waals surface area contributed by atoms with Gasteiger partial charge in [-0.1, -0.05) is 0 Å². The molecule has 5 heterocycles. The van der Waals surface area contributed by atoms with Crippen LogP contribution in [-0.2, 0) is 9.59 Å². The van der Waals surface area contributed by atoms with E-state index in [0.717, 1.165) is 25.7 Å². The predicted octanol–water partition coefficient (Wildman–Crippen LogP) is 1.25. The summed E-state index contributed by atoms with van der Waals surface area (Å²) in [5.74, 6) is 0.419. The first-order valence-electron chi connectivity index (χ1n) is 6.88. The van der Waals surface area contributed by atoms with E-state index in [0.29, 0.717) is 0 Å². The Balaban J connectivity index is 2.18. The Labute approximate surface area is 108 Å². The van der Waals surface area contributed by atoms with Gasteiger partial charge in [0, 0.05) is 14.1 Å². The van der Waals surface area contributed by atoms with Crippen LogP contribution in [0.5, 0.6) is 0 Å². The summed E-state index contributed by atoms with van der Waals surface area (Å²) in [6, 6.07) is 0. The summed E-state index contributed by atoms with van der Waals surface area (Å²) in [7, 11) is 3.76. The van der Waals surface area contributed by atoms with Gasteiger partial charge in [0.25, 0.3) is 0 Å². The van der Waals surface area contributed by atoms with Crippen LogP contribution < -0.4 is 0 Å². The van der Waals surface area contributed by atoms with Crippen molar-refractivity contribution in [1.82, 2.24) is 9.80 Å². The third kappa shape index (κ3) is 1.12. The molecule has 5 aliphatic heterocycles. The summed E-state index contributed by atoms with van der Waals surface area (Å²) in [4.78, 5) is 28.9. The van der Waals surface area contributed by atoms with Crippen molar-refractivity contribution >= 4 is 11.8 Å². The molecule has 0 radical (unpaired) electrons. The van der Waals surface area contributed by atoms with Crippen LogP contribution in [0.15, 0.2) is 0 Å². The van der Waals surface area contributed by atoms with Crippen molar-refractivity contribution in [2.24, 2.45) is 11.8 Å². The van der Waals surface area contributed by atoms with Crippen molar-refractivity contribution in [3.8, 4) is 0 Å². The van der Waals surface area contributed by atoms with Crippen LogP contribution in [0.3, 0.4) is 0 Å². The fourth-order valence-corrected chi connectivity index (χ4v) is 4.40. The molecule has 0 N–H and O–H groups in total. The SMILES string of the molecule is CN1C(=O)[C@@H]2CC[C@@]1(C)[C@@H]1CC[C@]2(C)N(C)C1=O. The van der Waals surface area contributed by atoms with Gasteiger partial charge in [-0.3, -0.25) is 9.59 Å². The van der Waals surface area contributed by atoms with Crippen molar-refractivity contribution in [2.45, 2.75) is 50.6 Å². The third-order valence-corrected chi connectivity index (χ3v) is 6.17. The van der Waals surface area contributed by atoms with Crippen LogP contribution in [0.2, 0.25) is 0 Å². The van der Waals surface area contributed by atoms with Crippen molar-refractivity contribution in [2.75, 3.05) is 14.1 Å². The molecule has 0 unspecified atom stereocenters. The average molecular weight is 250 g/mol. The average Bonchev–Trinajstić information content (AvgIpc) is 2.32. The van der Waals surface area contributed by atoms with Crippen LogP contribution in [0.1, 0.15) is 39.5 Å². The van der Waals surface area contributed by atoms with Crippen molar-refractivity contribution in [3.63, 3.8) is 0 Å². The molecule has 1 aliphatic carbocycles. The summed E-state index contributed by atoms with van der Waals surface area (Å²) in [6.07, 6.45) is 3.76. The third-order valence-electron chi connectivity index (χ3n) is 6.17. The number of nitrogens with zero attached hydrogens (tertiary/aromatic N) is 2. The van der Waals surface area contributed by atoms with Crippen LogP contribution in [0, 0.1) is 11.8 Å². The fraction of sp³-hybridized carbons (Fsp3) is 0.857. The Kier molecular flexibility index (Phi) is 2.19. The van der Waals surface area contributed by atoms with Crippen molar-refractivity contribution < 1.29 is 9.59 Å². The van der Waals surface area contributed by atoms with E-state index in [1.54, 1.807) is 0 Å². The zero-order valence-electron chi connectivity index (χ0n) is 11.7. The number of amides is 2. The van der Waals surface area contributed by atoms with Gasteiger partial charge in [-0.25, -0.2) is 0 Å². The van der Waals surface area contributed by atoms with Gasteiger partial charge in [0.05, 0.1) is 22.9 Å². The van der Waals surface area contributed by atoms with E-state index in [1.165, 1.54) is 0 Å². The summed E-state index contributed by atoms with van der Waals surface area (Å²) < 4.78 is 0. The van der Waals surface area contributed by atoms with Crippen LogP contribution in [0.4, 0.5) is 0 Å². The van der Waals surface area contributed by atoms with Gasteiger partial charge in [0.2, 0.25) is 11.8 Å². The van der Waals surface area contributed by atoms with Crippen molar-refractivity contribution in [3.05, 3.63) is 0 Å². The van der Waals surface area contributed by atoms with Gasteiger partial charge >= 0.3 is 0 Å². The molecule has 18 heavy (non-hydrogen) atoms. The molecule has 1 saturated carbocycles. The van der Waals surface area contributed by atoms with E-state index in [2.05, 4.69) is 13.8 Å². The summed E-state index contributed by atoms with van der Waals surface area (Å²) in [6.45, 7) is 4.18. The number of piperidine rings is 2. The molecule has 2 amide bonds. The normalized spacial score (nSPS) is 47.6. The van der Waals surface area contributed by atoms with Gasteiger partial charge in [-0.05, 0) is 39.5 Å². The highest BCUT2D eigenvalue weighted by molar-refractivity contribution is 5.89. The van der Waals surface area contributed by atoms with Gasteiger partial charge in [0.15, 0.2) is 0 Å². The van der Waals surface area contributed by atoms with E-state index in [-0.39, 0.29) is 34.7 Å². The first kappa shape index (κ1) is 12.0. The monoisotopic (exact) mass is 250 g/mol. The van der Waals surface area contributed by atoms with Gasteiger partial charge in [0.1, 0.15) is 0 Å². The first-order chi connectivity index (χ1) is 8.32. The first-order valence-corrected chi connectivity index (χ1v) is 6.88. The molecule has 6 fully saturated rings. The Hall–Kier alpha value is -1.06. The van der Waals surface area contributed by atoms with Crippen molar-refractivity contribution in [1.29, 1.82) is 0 Å². The van der Waals surface area contributed by atoms with Crippen LogP contribution >= 0.6 is 0 Å². The molecule has 0 spiro atoms. The highest BCUT2D eigenvalue weighted by Crippen LogP contribution is 2.52. The second-order valence-electron chi connectivity index (χ2n) is 6.69. The lowest BCUT2D eigenvalue weighted by atomic mass is 9.60. The molecule has 0 aromatic heterocycles.